The standard InChI is InChI=1S/C8H18O5P2/c1-4-8(13-15(9,10)5-2)6-11-14(3)12-7-8/h4-7H2,1-3H3,(H,9,10). The van der Waals surface area contributed by atoms with Crippen LogP contribution in [0.4, 0.5) is 0 Å². The monoisotopic (exact) mass is 256 g/mol. The lowest BCUT2D eigenvalue weighted by atomic mass is 10.0. The maximum absolute atomic E-state index is 11.5. The summed E-state index contributed by atoms with van der Waals surface area (Å²) >= 11 is 0. The van der Waals surface area contributed by atoms with E-state index in [0.717, 1.165) is 0 Å². The van der Waals surface area contributed by atoms with Crippen molar-refractivity contribution in [1.29, 1.82) is 0 Å². The summed E-state index contributed by atoms with van der Waals surface area (Å²) in [7, 11) is -4.35. The Kier molecular flexibility index (Phi) is 4.72. The Bertz CT molecular complexity index is 249. The molecule has 0 bridgehead atoms. The van der Waals surface area contributed by atoms with Gasteiger partial charge in [-0.2, -0.15) is 0 Å². The van der Waals surface area contributed by atoms with Crippen LogP contribution in [0.2, 0.25) is 0 Å². The first-order valence-electron chi connectivity index (χ1n) is 4.95. The zero-order valence-electron chi connectivity index (χ0n) is 9.30. The van der Waals surface area contributed by atoms with Gasteiger partial charge in [-0.25, -0.2) is 0 Å². The molecule has 0 saturated carbocycles. The number of hydrogen-bond acceptors (Lipinski definition) is 4. The van der Waals surface area contributed by atoms with Crippen molar-refractivity contribution in [3.05, 3.63) is 0 Å². The highest BCUT2D eigenvalue weighted by Gasteiger charge is 2.40. The Labute approximate surface area is 91.6 Å². The fourth-order valence-corrected chi connectivity index (χ4v) is 3.06. The lowest BCUT2D eigenvalue weighted by Crippen LogP contribution is -2.43. The minimum atomic E-state index is -3.50. The van der Waals surface area contributed by atoms with E-state index in [1.165, 1.54) is 0 Å². The van der Waals surface area contributed by atoms with Gasteiger partial charge in [-0.05, 0) is 6.42 Å². The Balaban J connectivity index is 2.66. The summed E-state index contributed by atoms with van der Waals surface area (Å²) < 4.78 is 27.5. The van der Waals surface area contributed by atoms with Gasteiger partial charge in [-0.1, -0.05) is 13.8 Å². The van der Waals surface area contributed by atoms with Crippen molar-refractivity contribution in [3.63, 3.8) is 0 Å². The first-order valence-corrected chi connectivity index (χ1v) is 8.34. The molecule has 90 valence electrons. The van der Waals surface area contributed by atoms with Crippen LogP contribution in [0.5, 0.6) is 0 Å². The summed E-state index contributed by atoms with van der Waals surface area (Å²) in [5.74, 6) is 0. The molecule has 1 aliphatic heterocycles. The van der Waals surface area contributed by atoms with Crippen molar-refractivity contribution < 1.29 is 23.0 Å². The second kappa shape index (κ2) is 5.22. The predicted octanol–water partition coefficient (Wildman–Crippen LogP) is 2.35. The van der Waals surface area contributed by atoms with E-state index in [4.69, 9.17) is 13.6 Å². The van der Waals surface area contributed by atoms with E-state index in [0.29, 0.717) is 19.6 Å². The molecular formula is C8H18O5P2. The van der Waals surface area contributed by atoms with Crippen LogP contribution >= 0.6 is 16.0 Å². The molecule has 7 heteroatoms. The average Bonchev–Trinajstić information content (AvgIpc) is 2.22. The third-order valence-electron chi connectivity index (χ3n) is 2.40. The van der Waals surface area contributed by atoms with Gasteiger partial charge >= 0.3 is 7.60 Å². The first kappa shape index (κ1) is 13.6. The summed E-state index contributed by atoms with van der Waals surface area (Å²) in [6.07, 6.45) is 0.705. The van der Waals surface area contributed by atoms with Crippen LogP contribution in [0.3, 0.4) is 0 Å². The highest BCUT2D eigenvalue weighted by Crippen LogP contribution is 2.50. The first-order chi connectivity index (χ1) is 6.93. The lowest BCUT2D eigenvalue weighted by molar-refractivity contribution is -0.0518. The van der Waals surface area contributed by atoms with Gasteiger partial charge in [0.1, 0.15) is 5.60 Å². The lowest BCUT2D eigenvalue weighted by Gasteiger charge is -2.38. The quantitative estimate of drug-likeness (QED) is 0.782. The Morgan fingerprint density at radius 2 is 2.00 bits per heavy atom. The van der Waals surface area contributed by atoms with Crippen LogP contribution in [-0.2, 0) is 18.1 Å². The molecule has 0 aromatic carbocycles. The zero-order valence-corrected chi connectivity index (χ0v) is 11.1. The third kappa shape index (κ3) is 3.77. The molecule has 1 fully saturated rings. The van der Waals surface area contributed by atoms with Gasteiger partial charge < -0.3 is 13.9 Å². The summed E-state index contributed by atoms with van der Waals surface area (Å²) in [5, 5.41) is 0. The molecule has 5 nitrogen and oxygen atoms in total. The molecular weight excluding hydrogens is 238 g/mol. The molecule has 1 saturated heterocycles. The minimum absolute atomic E-state index is 0.107. The van der Waals surface area contributed by atoms with Crippen LogP contribution < -0.4 is 0 Å². The number of rotatable bonds is 4. The minimum Gasteiger partial charge on any atom is -0.331 e. The fraction of sp³-hybridized carbons (Fsp3) is 1.00. The van der Waals surface area contributed by atoms with E-state index in [9.17, 15) is 9.46 Å². The Morgan fingerprint density at radius 3 is 2.40 bits per heavy atom. The van der Waals surface area contributed by atoms with Gasteiger partial charge in [-0.3, -0.25) is 9.09 Å². The predicted molar refractivity (Wildman–Crippen MR) is 59.2 cm³/mol. The van der Waals surface area contributed by atoms with Crippen molar-refractivity contribution >= 4 is 16.0 Å². The molecule has 1 aliphatic rings. The highest BCUT2D eigenvalue weighted by molar-refractivity contribution is 7.52. The second-order valence-corrected chi connectivity index (χ2v) is 7.05. The van der Waals surface area contributed by atoms with Crippen molar-refractivity contribution in [3.8, 4) is 0 Å². The van der Waals surface area contributed by atoms with E-state index >= 15 is 0 Å². The molecule has 0 aliphatic carbocycles. The summed E-state index contributed by atoms with van der Waals surface area (Å²) in [6, 6.07) is 0. The van der Waals surface area contributed by atoms with Crippen molar-refractivity contribution in [2.45, 2.75) is 25.9 Å². The molecule has 0 aromatic rings. The molecule has 15 heavy (non-hydrogen) atoms. The van der Waals surface area contributed by atoms with E-state index in [1.807, 2.05) is 13.6 Å². The van der Waals surface area contributed by atoms with Crippen LogP contribution in [0, 0.1) is 0 Å². The molecule has 0 spiro atoms. The van der Waals surface area contributed by atoms with Crippen molar-refractivity contribution in [2.75, 3.05) is 26.0 Å². The maximum Gasteiger partial charge on any atom is 0.328 e. The van der Waals surface area contributed by atoms with Gasteiger partial charge in [0.15, 0.2) is 8.38 Å². The van der Waals surface area contributed by atoms with Gasteiger partial charge in [0, 0.05) is 12.8 Å². The van der Waals surface area contributed by atoms with Crippen molar-refractivity contribution in [1.82, 2.24) is 0 Å². The number of hydrogen-bond donors (Lipinski definition) is 1. The van der Waals surface area contributed by atoms with Crippen LogP contribution in [0.1, 0.15) is 20.3 Å². The van der Waals surface area contributed by atoms with Crippen LogP contribution in [-0.4, -0.2) is 36.5 Å². The molecule has 1 atom stereocenters. The highest BCUT2D eigenvalue weighted by atomic mass is 31.2. The molecule has 1 rings (SSSR count). The SMILES string of the molecule is CCC1(OP(=O)(O)CC)COP(C)OC1. The summed E-state index contributed by atoms with van der Waals surface area (Å²) in [6.45, 7) is 6.03. The van der Waals surface area contributed by atoms with Gasteiger partial charge in [0.2, 0.25) is 0 Å². The Morgan fingerprint density at radius 1 is 1.47 bits per heavy atom. The molecule has 1 unspecified atom stereocenters. The molecule has 1 heterocycles. The summed E-state index contributed by atoms with van der Waals surface area (Å²) in [4.78, 5) is 9.47. The smallest absolute Gasteiger partial charge is 0.328 e. The van der Waals surface area contributed by atoms with Gasteiger partial charge in [-0.15, -0.1) is 0 Å². The molecule has 0 radical (unpaired) electrons. The average molecular weight is 256 g/mol. The second-order valence-electron chi connectivity index (χ2n) is 3.57. The van der Waals surface area contributed by atoms with Gasteiger partial charge in [0.25, 0.3) is 0 Å². The van der Waals surface area contributed by atoms with E-state index in [-0.39, 0.29) is 6.16 Å². The van der Waals surface area contributed by atoms with E-state index in [2.05, 4.69) is 0 Å². The van der Waals surface area contributed by atoms with Crippen LogP contribution in [0.15, 0.2) is 0 Å². The maximum atomic E-state index is 11.5. The van der Waals surface area contributed by atoms with Crippen molar-refractivity contribution in [2.24, 2.45) is 0 Å². The summed E-state index contributed by atoms with van der Waals surface area (Å²) in [5.41, 5.74) is -0.755. The molecule has 0 aromatic heterocycles. The zero-order chi connectivity index (χ0) is 11.5. The van der Waals surface area contributed by atoms with E-state index < -0.39 is 21.6 Å². The Hall–Kier alpha value is 0.500. The molecule has 1 N–H and O–H groups in total. The topological polar surface area (TPSA) is 65.0 Å². The largest absolute Gasteiger partial charge is 0.331 e. The van der Waals surface area contributed by atoms with E-state index in [1.54, 1.807) is 6.92 Å². The third-order valence-corrected chi connectivity index (χ3v) is 4.86. The van der Waals surface area contributed by atoms with Crippen LogP contribution in [0.25, 0.3) is 0 Å². The van der Waals surface area contributed by atoms with Gasteiger partial charge in [0.05, 0.1) is 13.2 Å². The fourth-order valence-electron chi connectivity index (χ4n) is 1.18. The molecule has 0 amide bonds. The normalized spacial score (nSPS) is 36.1.